The van der Waals surface area contributed by atoms with Gasteiger partial charge >= 0.3 is 0 Å². The minimum Gasteiger partial charge on any atom is -0.495 e. The van der Waals surface area contributed by atoms with Gasteiger partial charge in [-0.05, 0) is 49.2 Å². The summed E-state index contributed by atoms with van der Waals surface area (Å²) in [4.78, 5) is 24.8. The molecule has 0 atom stereocenters. The summed E-state index contributed by atoms with van der Waals surface area (Å²) in [5, 5.41) is 3.94. The highest BCUT2D eigenvalue weighted by atomic mass is 35.5. The minimum absolute atomic E-state index is 0.0503. The summed E-state index contributed by atoms with van der Waals surface area (Å²) >= 11 is 6.00. The number of aromatic nitrogens is 1. The van der Waals surface area contributed by atoms with E-state index in [0.717, 1.165) is 16.6 Å². The van der Waals surface area contributed by atoms with Crippen molar-refractivity contribution in [2.45, 2.75) is 20.4 Å². The average Bonchev–Trinajstić information content (AvgIpc) is 2.57. The summed E-state index contributed by atoms with van der Waals surface area (Å²) in [5.41, 5.74) is 3.12. The topological polar surface area (TPSA) is 60.3 Å². The fourth-order valence-electron chi connectivity index (χ4n) is 3.07. The molecular weight excluding hydrogens is 352 g/mol. The number of pyridine rings is 1. The second-order valence-electron chi connectivity index (χ2n) is 6.18. The molecule has 0 fully saturated rings. The third-order valence-corrected chi connectivity index (χ3v) is 4.41. The molecule has 1 aromatic heterocycles. The molecule has 1 N–H and O–H groups in total. The Morgan fingerprint density at radius 2 is 1.96 bits per heavy atom. The van der Waals surface area contributed by atoms with Crippen molar-refractivity contribution >= 4 is 34.1 Å². The molecule has 0 radical (unpaired) electrons. The molecule has 6 heteroatoms. The lowest BCUT2D eigenvalue weighted by Crippen LogP contribution is -2.21. The number of fused-ring (bicyclic) bond motifs is 1. The number of carbonyl (C=O) groups is 1. The molecule has 0 saturated heterocycles. The lowest BCUT2D eigenvalue weighted by atomic mass is 10.1. The van der Waals surface area contributed by atoms with Crippen molar-refractivity contribution in [3.63, 3.8) is 0 Å². The third kappa shape index (κ3) is 3.58. The van der Waals surface area contributed by atoms with E-state index in [1.54, 1.807) is 29.0 Å². The van der Waals surface area contributed by atoms with Crippen LogP contribution in [0, 0.1) is 13.8 Å². The molecule has 3 rings (SSSR count). The number of nitrogens with one attached hydrogen (secondary N) is 1. The Kier molecular flexibility index (Phi) is 5.00. The molecule has 0 aliphatic carbocycles. The fraction of sp³-hybridized carbons (Fsp3) is 0.200. The van der Waals surface area contributed by atoms with Crippen molar-refractivity contribution in [3.05, 3.63) is 69.0 Å². The summed E-state index contributed by atoms with van der Waals surface area (Å²) in [7, 11) is 1.53. The highest BCUT2D eigenvalue weighted by Crippen LogP contribution is 2.27. The van der Waals surface area contributed by atoms with Crippen molar-refractivity contribution < 1.29 is 9.53 Å². The Labute approximate surface area is 156 Å². The number of carbonyl (C=O) groups excluding carboxylic acids is 1. The van der Waals surface area contributed by atoms with Crippen LogP contribution in [0.1, 0.15) is 11.1 Å². The van der Waals surface area contributed by atoms with Gasteiger partial charge in [0, 0.05) is 22.7 Å². The monoisotopic (exact) mass is 370 g/mol. The number of benzene rings is 2. The zero-order chi connectivity index (χ0) is 18.8. The predicted molar refractivity (Wildman–Crippen MR) is 104 cm³/mol. The van der Waals surface area contributed by atoms with Gasteiger partial charge in [0.15, 0.2) is 5.43 Å². The molecule has 5 nitrogen and oxygen atoms in total. The van der Waals surface area contributed by atoms with E-state index < -0.39 is 0 Å². The number of rotatable bonds is 4. The number of aryl methyl sites for hydroxylation is 2. The first-order valence-electron chi connectivity index (χ1n) is 8.13. The Morgan fingerprint density at radius 3 is 2.69 bits per heavy atom. The van der Waals surface area contributed by atoms with Gasteiger partial charge in [-0.1, -0.05) is 17.7 Å². The highest BCUT2D eigenvalue weighted by Gasteiger charge is 2.12. The van der Waals surface area contributed by atoms with E-state index in [1.807, 2.05) is 26.0 Å². The molecule has 0 saturated carbocycles. The Hall–Kier alpha value is -2.79. The molecule has 0 aliphatic rings. The Balaban J connectivity index is 1.95. The van der Waals surface area contributed by atoms with E-state index in [9.17, 15) is 9.59 Å². The lowest BCUT2D eigenvalue weighted by molar-refractivity contribution is -0.116. The third-order valence-electron chi connectivity index (χ3n) is 4.17. The van der Waals surface area contributed by atoms with Crippen LogP contribution in [0.15, 0.2) is 47.4 Å². The minimum atomic E-state index is -0.241. The smallest absolute Gasteiger partial charge is 0.244 e. The quantitative estimate of drug-likeness (QED) is 0.757. The first-order chi connectivity index (χ1) is 12.4. The lowest BCUT2D eigenvalue weighted by Gasteiger charge is -2.14. The number of anilines is 1. The van der Waals surface area contributed by atoms with Gasteiger partial charge in [-0.15, -0.1) is 0 Å². The number of halogens is 1. The van der Waals surface area contributed by atoms with Crippen LogP contribution in [0.3, 0.4) is 0 Å². The molecule has 0 bridgehead atoms. The first-order valence-corrected chi connectivity index (χ1v) is 8.50. The van der Waals surface area contributed by atoms with E-state index in [1.165, 1.54) is 13.2 Å². The van der Waals surface area contributed by atoms with Gasteiger partial charge in [0.25, 0.3) is 0 Å². The summed E-state index contributed by atoms with van der Waals surface area (Å²) < 4.78 is 7.01. The maximum absolute atomic E-state index is 12.6. The molecule has 0 aliphatic heterocycles. The van der Waals surface area contributed by atoms with Gasteiger partial charge in [-0.2, -0.15) is 0 Å². The van der Waals surface area contributed by atoms with Crippen molar-refractivity contribution in [2.75, 3.05) is 12.4 Å². The zero-order valence-corrected chi connectivity index (χ0v) is 15.6. The molecule has 0 spiro atoms. The molecule has 0 unspecified atom stereocenters. The van der Waals surface area contributed by atoms with Gasteiger partial charge in [-0.25, -0.2) is 0 Å². The fourth-order valence-corrected chi connectivity index (χ4v) is 3.25. The van der Waals surface area contributed by atoms with Gasteiger partial charge < -0.3 is 14.6 Å². The summed E-state index contributed by atoms with van der Waals surface area (Å²) in [5.74, 6) is 0.286. The number of hydrogen-bond acceptors (Lipinski definition) is 3. The largest absolute Gasteiger partial charge is 0.495 e. The number of hydrogen-bond donors (Lipinski definition) is 1. The van der Waals surface area contributed by atoms with E-state index in [-0.39, 0.29) is 17.9 Å². The average molecular weight is 371 g/mol. The number of amides is 1. The maximum atomic E-state index is 12.6. The van der Waals surface area contributed by atoms with Crippen LogP contribution in [0.4, 0.5) is 5.69 Å². The summed E-state index contributed by atoms with van der Waals surface area (Å²) in [6.45, 7) is 3.93. The van der Waals surface area contributed by atoms with Crippen LogP contribution in [0.5, 0.6) is 5.75 Å². The van der Waals surface area contributed by atoms with E-state index in [0.29, 0.717) is 21.8 Å². The molecule has 2 aromatic carbocycles. The SMILES string of the molecule is COc1ccc(Cl)cc1NC(=O)Cn1ccc(=O)c2c(C)cc(C)cc21. The van der Waals surface area contributed by atoms with E-state index in [2.05, 4.69) is 5.32 Å². The zero-order valence-electron chi connectivity index (χ0n) is 14.8. The molecule has 1 amide bonds. The molecule has 1 heterocycles. The van der Waals surface area contributed by atoms with Crippen LogP contribution in [0.25, 0.3) is 10.9 Å². The second-order valence-corrected chi connectivity index (χ2v) is 6.61. The van der Waals surface area contributed by atoms with Crippen molar-refractivity contribution in [3.8, 4) is 5.75 Å². The number of methoxy groups -OCH3 is 1. The summed E-state index contributed by atoms with van der Waals surface area (Å²) in [6, 6.07) is 10.4. The standard InChI is InChI=1S/C20H19ClN2O3/c1-12-8-13(2)20-16(9-12)23(7-6-17(20)24)11-19(25)22-15-10-14(21)4-5-18(15)26-3/h4-10H,11H2,1-3H3,(H,22,25). The maximum Gasteiger partial charge on any atom is 0.244 e. The first kappa shape index (κ1) is 18.0. The van der Waals surface area contributed by atoms with Gasteiger partial charge in [0.05, 0.1) is 18.3 Å². The van der Waals surface area contributed by atoms with Crippen LogP contribution in [-0.4, -0.2) is 17.6 Å². The Bertz CT molecular complexity index is 1060. The molecule has 134 valence electrons. The molecular formula is C20H19ClN2O3. The van der Waals surface area contributed by atoms with Crippen molar-refractivity contribution in [1.82, 2.24) is 4.57 Å². The molecule has 3 aromatic rings. The van der Waals surface area contributed by atoms with E-state index in [4.69, 9.17) is 16.3 Å². The summed E-state index contributed by atoms with van der Waals surface area (Å²) in [6.07, 6.45) is 1.64. The Morgan fingerprint density at radius 1 is 1.19 bits per heavy atom. The van der Waals surface area contributed by atoms with Gasteiger partial charge in [-0.3, -0.25) is 9.59 Å². The number of nitrogens with zero attached hydrogens (tertiary/aromatic N) is 1. The van der Waals surface area contributed by atoms with Crippen LogP contribution in [-0.2, 0) is 11.3 Å². The molecule has 26 heavy (non-hydrogen) atoms. The van der Waals surface area contributed by atoms with Gasteiger partial charge in [0.1, 0.15) is 12.3 Å². The van der Waals surface area contributed by atoms with Crippen LogP contribution in [0.2, 0.25) is 5.02 Å². The van der Waals surface area contributed by atoms with Crippen molar-refractivity contribution in [2.24, 2.45) is 0 Å². The van der Waals surface area contributed by atoms with E-state index >= 15 is 0 Å². The second kappa shape index (κ2) is 7.22. The van der Waals surface area contributed by atoms with Crippen LogP contribution >= 0.6 is 11.6 Å². The highest BCUT2D eigenvalue weighted by molar-refractivity contribution is 6.31. The van der Waals surface area contributed by atoms with Gasteiger partial charge in [0.2, 0.25) is 5.91 Å². The predicted octanol–water partition coefficient (Wildman–Crippen LogP) is 3.92. The van der Waals surface area contributed by atoms with Crippen molar-refractivity contribution in [1.29, 1.82) is 0 Å². The number of ether oxygens (including phenoxy) is 1. The van der Waals surface area contributed by atoms with Crippen LogP contribution < -0.4 is 15.5 Å². The normalized spacial score (nSPS) is 10.8.